The number of benzene rings is 1. The van der Waals surface area contributed by atoms with Crippen LogP contribution in [0.3, 0.4) is 0 Å². The van der Waals surface area contributed by atoms with Gasteiger partial charge in [0.25, 0.3) is 5.91 Å². The molecule has 1 atom stereocenters. The van der Waals surface area contributed by atoms with Gasteiger partial charge in [-0.1, -0.05) is 29.8 Å². The SMILES string of the molecule is CC[C@]1(NC(=O)C2=C(CNC(=O)CC(F)(F)F)C(C3=CCCC=C(C#N)C=C3)=[N+]=C2C)CCc2cc(OCC(F)(F)F)ccc21. The number of carbonyl (C=O) groups excluding carboxylic acids is 2. The van der Waals surface area contributed by atoms with Crippen molar-refractivity contribution in [1.29, 1.82) is 5.26 Å². The molecule has 1 heterocycles. The van der Waals surface area contributed by atoms with Gasteiger partial charge in [-0.3, -0.25) is 9.59 Å². The molecule has 0 saturated heterocycles. The lowest BCUT2D eigenvalue weighted by atomic mass is 9.87. The third-order valence-electron chi connectivity index (χ3n) is 7.79. The summed E-state index contributed by atoms with van der Waals surface area (Å²) in [5.41, 5.74) is 2.41. The molecule has 0 unspecified atom stereocenters. The lowest BCUT2D eigenvalue weighted by Gasteiger charge is -2.31. The number of amides is 2. The summed E-state index contributed by atoms with van der Waals surface area (Å²) in [5, 5.41) is 14.7. The van der Waals surface area contributed by atoms with E-state index in [0.29, 0.717) is 49.0 Å². The molecule has 0 fully saturated rings. The molecule has 13 heteroatoms. The van der Waals surface area contributed by atoms with Gasteiger partial charge >= 0.3 is 23.8 Å². The summed E-state index contributed by atoms with van der Waals surface area (Å²) in [4.78, 5) is 26.1. The summed E-state index contributed by atoms with van der Waals surface area (Å²) in [6, 6.07) is 6.64. The number of halogens is 6. The molecule has 0 bridgehead atoms. The zero-order chi connectivity index (χ0) is 33.0. The highest BCUT2D eigenvalue weighted by molar-refractivity contribution is 6.33. The lowest BCUT2D eigenvalue weighted by molar-refractivity contribution is -0.154. The van der Waals surface area contributed by atoms with E-state index in [0.717, 1.165) is 11.1 Å². The molecule has 2 amide bonds. The number of hydrogen-bond donors (Lipinski definition) is 2. The quantitative estimate of drug-likeness (QED) is 0.282. The fourth-order valence-corrected chi connectivity index (χ4v) is 5.67. The Hall–Kier alpha value is -4.56. The number of nitrogens with one attached hydrogen (secondary N) is 2. The maximum atomic E-state index is 14.0. The van der Waals surface area contributed by atoms with Crippen molar-refractivity contribution in [3.63, 3.8) is 0 Å². The minimum atomic E-state index is -4.72. The minimum Gasteiger partial charge on any atom is -0.484 e. The number of rotatable bonds is 9. The van der Waals surface area contributed by atoms with Gasteiger partial charge in [0.1, 0.15) is 17.7 Å². The van der Waals surface area contributed by atoms with Crippen molar-refractivity contribution in [3.8, 4) is 11.8 Å². The summed E-state index contributed by atoms with van der Waals surface area (Å²) in [5.74, 6) is -1.78. The Balaban J connectivity index is 1.67. The molecule has 45 heavy (non-hydrogen) atoms. The van der Waals surface area contributed by atoms with E-state index < -0.39 is 49.3 Å². The molecule has 1 aliphatic heterocycles. The van der Waals surface area contributed by atoms with Gasteiger partial charge in [-0.25, -0.2) is 0 Å². The molecule has 238 valence electrons. The monoisotopic (exact) mass is 633 g/mol. The Morgan fingerprint density at radius 1 is 1.09 bits per heavy atom. The van der Waals surface area contributed by atoms with Crippen LogP contribution < -0.4 is 20.0 Å². The zero-order valence-corrected chi connectivity index (χ0v) is 24.6. The summed E-state index contributed by atoms with van der Waals surface area (Å²) in [7, 11) is 0. The second kappa shape index (κ2) is 13.2. The highest BCUT2D eigenvalue weighted by Gasteiger charge is 2.44. The Morgan fingerprint density at radius 3 is 2.49 bits per heavy atom. The highest BCUT2D eigenvalue weighted by Crippen LogP contribution is 2.41. The first-order valence-electron chi connectivity index (χ1n) is 14.3. The van der Waals surface area contributed by atoms with Gasteiger partial charge < -0.3 is 15.4 Å². The van der Waals surface area contributed by atoms with Crippen molar-refractivity contribution in [2.75, 3.05) is 13.2 Å². The predicted molar refractivity (Wildman–Crippen MR) is 155 cm³/mol. The lowest BCUT2D eigenvalue weighted by Crippen LogP contribution is -2.45. The average Bonchev–Trinajstić information content (AvgIpc) is 3.46. The number of hydrogen-bond acceptors (Lipinski definition) is 4. The normalized spacial score (nSPS) is 19.8. The molecule has 0 spiro atoms. The van der Waals surface area contributed by atoms with Crippen LogP contribution in [0.4, 0.5) is 26.3 Å². The van der Waals surface area contributed by atoms with E-state index in [-0.39, 0.29) is 22.6 Å². The van der Waals surface area contributed by atoms with Crippen LogP contribution in [-0.2, 0) is 21.5 Å². The predicted octanol–water partition coefficient (Wildman–Crippen LogP) is 5.37. The molecule has 0 radical (unpaired) electrons. The van der Waals surface area contributed by atoms with Crippen molar-refractivity contribution >= 4 is 23.2 Å². The van der Waals surface area contributed by atoms with Gasteiger partial charge in [0, 0.05) is 12.5 Å². The highest BCUT2D eigenvalue weighted by atomic mass is 19.4. The standard InChI is InChI=1S/C32H30F6N4O3/c1-3-30(13-12-22-14-23(10-11-25(22)30)45-18-32(36,37)38)42-29(44)27-19(2)41-28(21-7-5-4-6-20(16-39)8-9-21)24(27)17-40-26(43)15-31(33,34)35/h6-11,14H,3-5,12-13,15,17-18H2,1-2H3,(H-,40,42,43,44)/p+1/t30-/m0/s1. The third-order valence-corrected chi connectivity index (χ3v) is 7.79. The van der Waals surface area contributed by atoms with Gasteiger partial charge in [0.2, 0.25) is 5.91 Å². The van der Waals surface area contributed by atoms with E-state index in [2.05, 4.69) is 21.4 Å². The van der Waals surface area contributed by atoms with E-state index >= 15 is 0 Å². The Labute approximate surface area is 255 Å². The first kappa shape index (κ1) is 33.3. The summed E-state index contributed by atoms with van der Waals surface area (Å²) in [6.45, 7) is 1.59. The van der Waals surface area contributed by atoms with E-state index in [1.807, 2.05) is 13.0 Å². The number of aryl methyl sites for hydroxylation is 1. The number of fused-ring (bicyclic) bond motifs is 1. The summed E-state index contributed by atoms with van der Waals surface area (Å²) < 4.78 is 86.1. The number of carbonyl (C=O) groups is 2. The molecular formula is C32H31F6N4O3+. The first-order valence-corrected chi connectivity index (χ1v) is 14.3. The molecule has 2 aliphatic carbocycles. The van der Waals surface area contributed by atoms with Crippen LogP contribution in [-0.4, -0.2) is 48.7 Å². The molecule has 1 aromatic rings. The van der Waals surface area contributed by atoms with Gasteiger partial charge in [-0.15, -0.1) is 0 Å². The van der Waals surface area contributed by atoms with Gasteiger partial charge in [0.15, 0.2) is 6.61 Å². The fraction of sp³-hybridized carbons (Fsp3) is 0.406. The smallest absolute Gasteiger partial charge is 0.422 e. The number of nitriles is 1. The third kappa shape index (κ3) is 8.13. The maximum absolute atomic E-state index is 14.0. The summed E-state index contributed by atoms with van der Waals surface area (Å²) in [6.07, 6.45) is -1.67. The maximum Gasteiger partial charge on any atom is 0.422 e. The van der Waals surface area contributed by atoms with E-state index in [1.165, 1.54) is 12.1 Å². The molecular weight excluding hydrogens is 602 g/mol. The number of nitrogens with zero attached hydrogens (tertiary/aromatic N) is 2. The van der Waals surface area contributed by atoms with Crippen molar-refractivity contribution in [1.82, 2.24) is 15.3 Å². The van der Waals surface area contributed by atoms with Crippen molar-refractivity contribution in [2.24, 2.45) is 0 Å². The number of alkyl halides is 6. The number of allylic oxidation sites excluding steroid dienone is 6. The summed E-state index contributed by atoms with van der Waals surface area (Å²) >= 11 is 0. The van der Waals surface area contributed by atoms with E-state index in [1.54, 1.807) is 31.2 Å². The van der Waals surface area contributed by atoms with Gasteiger partial charge in [-0.2, -0.15) is 31.6 Å². The van der Waals surface area contributed by atoms with Crippen LogP contribution in [0, 0.1) is 11.3 Å². The molecule has 2 N–H and O–H groups in total. The van der Waals surface area contributed by atoms with E-state index in [4.69, 9.17) is 4.74 Å². The van der Waals surface area contributed by atoms with Crippen molar-refractivity contribution in [3.05, 3.63) is 75.9 Å². The second-order valence-electron chi connectivity index (χ2n) is 10.9. The van der Waals surface area contributed by atoms with Crippen LogP contribution in [0.1, 0.15) is 57.1 Å². The van der Waals surface area contributed by atoms with Crippen LogP contribution in [0.15, 0.2) is 64.8 Å². The topological polar surface area (TPSA) is 105 Å². The van der Waals surface area contributed by atoms with Crippen molar-refractivity contribution in [2.45, 2.75) is 70.3 Å². The minimum absolute atomic E-state index is 0.0526. The number of ether oxygens (including phenoxy) is 1. The largest absolute Gasteiger partial charge is 0.484 e. The van der Waals surface area contributed by atoms with Crippen LogP contribution in [0.2, 0.25) is 0 Å². The Bertz CT molecular complexity index is 1620. The van der Waals surface area contributed by atoms with Crippen molar-refractivity contribution < 1.29 is 40.7 Å². The second-order valence-corrected chi connectivity index (χ2v) is 10.9. The van der Waals surface area contributed by atoms with Gasteiger partial charge in [-0.05, 0) is 67.5 Å². The Kier molecular flexibility index (Phi) is 9.78. The van der Waals surface area contributed by atoms with Gasteiger partial charge in [0.05, 0.1) is 29.3 Å². The molecule has 1 aromatic carbocycles. The average molecular weight is 634 g/mol. The molecule has 7 nitrogen and oxygen atoms in total. The Morgan fingerprint density at radius 2 is 1.82 bits per heavy atom. The van der Waals surface area contributed by atoms with E-state index in [9.17, 15) is 41.2 Å². The van der Waals surface area contributed by atoms with Crippen LogP contribution in [0.5, 0.6) is 5.75 Å². The first-order chi connectivity index (χ1) is 21.1. The van der Waals surface area contributed by atoms with Crippen LogP contribution in [0.25, 0.3) is 0 Å². The molecule has 3 aliphatic rings. The fourth-order valence-electron chi connectivity index (χ4n) is 5.67. The van der Waals surface area contributed by atoms with Crippen LogP contribution >= 0.6 is 0 Å². The molecule has 4 rings (SSSR count). The molecule has 0 saturated carbocycles. The zero-order valence-electron chi connectivity index (χ0n) is 24.6. The molecule has 0 aromatic heterocycles.